The number of nitrogens with one attached hydrogen (secondary N) is 2. The number of hydrogen-bond acceptors (Lipinski definition) is 10. The second-order valence-corrected chi connectivity index (χ2v) is 11.2. The van der Waals surface area contributed by atoms with Crippen molar-refractivity contribution < 1.29 is 43.1 Å². The molecule has 38 heavy (non-hydrogen) atoms. The third kappa shape index (κ3) is 4.94. The fraction of sp³-hybridized carbons (Fsp3) is 0.769. The van der Waals surface area contributed by atoms with E-state index in [1.807, 2.05) is 13.8 Å². The Balaban J connectivity index is 1.19. The zero-order valence-corrected chi connectivity index (χ0v) is 22.3. The van der Waals surface area contributed by atoms with Crippen LogP contribution in [0.5, 0.6) is 0 Å². The van der Waals surface area contributed by atoms with Gasteiger partial charge >= 0.3 is 11.9 Å². The quantitative estimate of drug-likeness (QED) is 0.375. The molecular weight excluding hydrogens is 498 g/mol. The maximum atomic E-state index is 12.8. The lowest BCUT2D eigenvalue weighted by atomic mass is 9.58. The van der Waals surface area contributed by atoms with E-state index in [0.29, 0.717) is 18.0 Å². The minimum atomic E-state index is -0.920. The summed E-state index contributed by atoms with van der Waals surface area (Å²) in [5.74, 6) is -2.05. The van der Waals surface area contributed by atoms with Crippen LogP contribution in [0, 0.1) is 23.7 Å². The highest BCUT2D eigenvalue weighted by molar-refractivity contribution is 5.86. The number of aromatic amines is 1. The number of hydrogen-bond donors (Lipinski definition) is 2. The van der Waals surface area contributed by atoms with E-state index in [0.717, 1.165) is 19.3 Å². The van der Waals surface area contributed by atoms with Crippen LogP contribution in [0.2, 0.25) is 0 Å². The largest absolute Gasteiger partial charge is 0.467 e. The highest BCUT2D eigenvalue weighted by Crippen LogP contribution is 2.60. The molecule has 9 atom stereocenters. The molecule has 2 N–H and O–H groups in total. The Morgan fingerprint density at radius 1 is 1.18 bits per heavy atom. The minimum Gasteiger partial charge on any atom is -0.467 e. The predicted molar refractivity (Wildman–Crippen MR) is 128 cm³/mol. The summed E-state index contributed by atoms with van der Waals surface area (Å²) in [4.78, 5) is 56.2. The molecule has 0 unspecified atom stereocenters. The van der Waals surface area contributed by atoms with Crippen LogP contribution in [-0.4, -0.2) is 64.9 Å². The zero-order chi connectivity index (χ0) is 27.1. The Morgan fingerprint density at radius 2 is 2.00 bits per heavy atom. The first-order valence-electron chi connectivity index (χ1n) is 13.4. The molecule has 4 saturated heterocycles. The second-order valence-electron chi connectivity index (χ2n) is 11.2. The molecule has 5 heterocycles. The Morgan fingerprint density at radius 3 is 2.74 bits per heavy atom. The average molecular weight is 536 g/mol. The van der Waals surface area contributed by atoms with Gasteiger partial charge in [0.25, 0.3) is 0 Å². The first kappa shape index (κ1) is 27.0. The molecule has 0 radical (unpaired) electrons. The van der Waals surface area contributed by atoms with Crippen LogP contribution in [0.1, 0.15) is 65.0 Å². The van der Waals surface area contributed by atoms with Crippen molar-refractivity contribution in [2.75, 3.05) is 7.11 Å². The fourth-order valence-corrected chi connectivity index (χ4v) is 6.63. The number of fused-ring (bicyclic) bond motifs is 2. The molecule has 5 aliphatic rings. The predicted octanol–water partition coefficient (Wildman–Crippen LogP) is 2.14. The smallest absolute Gasteiger partial charge is 0.328 e. The van der Waals surface area contributed by atoms with Gasteiger partial charge in [0.05, 0.1) is 19.9 Å². The first-order valence-corrected chi connectivity index (χ1v) is 13.4. The van der Waals surface area contributed by atoms with Crippen LogP contribution in [0.25, 0.3) is 0 Å². The van der Waals surface area contributed by atoms with Crippen molar-refractivity contribution in [3.8, 4) is 0 Å². The Labute approximate surface area is 221 Å². The number of amides is 1. The van der Waals surface area contributed by atoms with Crippen LogP contribution in [-0.2, 0) is 49.5 Å². The van der Waals surface area contributed by atoms with Gasteiger partial charge in [-0.2, -0.15) is 0 Å². The average Bonchev–Trinajstić information content (AvgIpc) is 3.30. The maximum absolute atomic E-state index is 12.8. The number of aromatic nitrogens is 2. The summed E-state index contributed by atoms with van der Waals surface area (Å²) in [6.45, 7) is 6.07. The number of methoxy groups -OCH3 is 1. The first-order chi connectivity index (χ1) is 18.1. The van der Waals surface area contributed by atoms with Crippen molar-refractivity contribution >= 4 is 17.8 Å². The van der Waals surface area contributed by atoms with Crippen molar-refractivity contribution in [2.45, 2.75) is 95.7 Å². The monoisotopic (exact) mass is 535 g/mol. The number of H-pyrrole nitrogens is 1. The number of esters is 2. The summed E-state index contributed by atoms with van der Waals surface area (Å²) in [5.41, 5.74) is -0.0775. The highest BCUT2D eigenvalue weighted by atomic mass is 17.3. The van der Waals surface area contributed by atoms with Gasteiger partial charge in [0, 0.05) is 43.0 Å². The van der Waals surface area contributed by atoms with E-state index in [4.69, 9.17) is 28.7 Å². The molecule has 4 aliphatic heterocycles. The fourth-order valence-electron chi connectivity index (χ4n) is 6.63. The molecule has 1 amide bonds. The summed E-state index contributed by atoms with van der Waals surface area (Å²) in [7, 11) is 1.25. The van der Waals surface area contributed by atoms with Gasteiger partial charge in [0.2, 0.25) is 18.0 Å². The van der Waals surface area contributed by atoms with Crippen molar-refractivity contribution in [3.63, 3.8) is 0 Å². The molecule has 12 nitrogen and oxygen atoms in total. The van der Waals surface area contributed by atoms with Crippen LogP contribution in [0.3, 0.4) is 0 Å². The summed E-state index contributed by atoms with van der Waals surface area (Å²) >= 11 is 0. The molecule has 2 bridgehead atoms. The Kier molecular flexibility index (Phi) is 7.51. The van der Waals surface area contributed by atoms with E-state index in [1.54, 1.807) is 6.20 Å². The SMILES string of the molecule is COC(=O)[C@H](Cc1cnc[nH]1)NC(=O)CCC(=O)O[C@@H]1O[C@@H]2O[C@@]3(C)CC[C@H]4[C@H](C)CC[C@@H]([C@H]1C)[C@]24OO3. The number of carbonyl (C=O) groups is 3. The van der Waals surface area contributed by atoms with Crippen molar-refractivity contribution in [1.29, 1.82) is 0 Å². The van der Waals surface area contributed by atoms with E-state index in [9.17, 15) is 14.4 Å². The zero-order valence-electron chi connectivity index (χ0n) is 22.3. The third-order valence-electron chi connectivity index (χ3n) is 8.70. The van der Waals surface area contributed by atoms with Crippen LogP contribution >= 0.6 is 0 Å². The Hall–Kier alpha value is -2.54. The molecular formula is C26H37N3O9. The molecule has 12 heteroatoms. The lowest BCUT2D eigenvalue weighted by Gasteiger charge is -2.59. The molecule has 1 saturated carbocycles. The maximum Gasteiger partial charge on any atom is 0.328 e. The lowest BCUT2D eigenvalue weighted by Crippen LogP contribution is -2.70. The molecule has 210 valence electrons. The molecule has 1 aliphatic carbocycles. The number of ether oxygens (including phenoxy) is 4. The summed E-state index contributed by atoms with van der Waals surface area (Å²) < 4.78 is 23.1. The van der Waals surface area contributed by atoms with Crippen molar-refractivity contribution in [3.05, 3.63) is 18.2 Å². The summed E-state index contributed by atoms with van der Waals surface area (Å²) in [6, 6.07) is -0.908. The van der Waals surface area contributed by atoms with Gasteiger partial charge in [0.1, 0.15) is 6.04 Å². The summed E-state index contributed by atoms with van der Waals surface area (Å²) in [6.07, 6.45) is 4.86. The summed E-state index contributed by atoms with van der Waals surface area (Å²) in [5, 5.41) is 2.62. The number of imidazole rings is 1. The van der Waals surface area contributed by atoms with Gasteiger partial charge in [0.15, 0.2) is 11.9 Å². The minimum absolute atomic E-state index is 0.0227. The number of rotatable bonds is 8. The van der Waals surface area contributed by atoms with Crippen LogP contribution in [0.4, 0.5) is 0 Å². The third-order valence-corrected chi connectivity index (χ3v) is 8.70. The normalized spacial score (nSPS) is 38.4. The molecule has 1 aromatic rings. The van der Waals surface area contributed by atoms with Gasteiger partial charge in [-0.1, -0.05) is 13.8 Å². The van der Waals surface area contributed by atoms with E-state index in [-0.39, 0.29) is 37.0 Å². The standard InChI is InChI=1S/C26H37N3O9/c1-14-5-6-18-15(2)23(35-24-26(18)17(14)9-10-25(3,36-24)37-38-26)34-21(31)8-7-20(30)29-19(22(32)33-4)11-16-12-27-13-28-16/h12-15,17-19,23-24H,5-11H2,1-4H3,(H,27,28)(H,29,30)/t14-,15-,17+,18+,19+,23-,24-,25-,26+/m1/s1. The molecule has 1 aromatic heterocycles. The van der Waals surface area contributed by atoms with E-state index in [1.165, 1.54) is 13.4 Å². The highest BCUT2D eigenvalue weighted by Gasteiger charge is 2.69. The van der Waals surface area contributed by atoms with Crippen molar-refractivity contribution in [2.24, 2.45) is 23.7 Å². The topological polar surface area (TPSA) is 147 Å². The van der Waals surface area contributed by atoms with Crippen LogP contribution < -0.4 is 5.32 Å². The number of nitrogens with zero attached hydrogens (tertiary/aromatic N) is 1. The van der Waals surface area contributed by atoms with E-state index < -0.39 is 47.9 Å². The molecule has 1 spiro atoms. The molecule has 0 aromatic carbocycles. The second kappa shape index (κ2) is 10.6. The Bertz CT molecular complexity index is 1040. The van der Waals surface area contributed by atoms with Crippen LogP contribution in [0.15, 0.2) is 12.5 Å². The molecule has 5 fully saturated rings. The van der Waals surface area contributed by atoms with E-state index >= 15 is 0 Å². The van der Waals surface area contributed by atoms with Gasteiger partial charge in [-0.25, -0.2) is 19.6 Å². The van der Waals surface area contributed by atoms with Gasteiger partial charge in [-0.15, -0.1) is 0 Å². The number of carbonyl (C=O) groups excluding carboxylic acids is 3. The van der Waals surface area contributed by atoms with E-state index in [2.05, 4.69) is 22.2 Å². The molecule has 6 rings (SSSR count). The van der Waals surface area contributed by atoms with Gasteiger partial charge in [-0.3, -0.25) is 9.59 Å². The van der Waals surface area contributed by atoms with Gasteiger partial charge < -0.3 is 29.2 Å². The lowest BCUT2D eigenvalue weighted by molar-refractivity contribution is -0.576. The van der Waals surface area contributed by atoms with Crippen molar-refractivity contribution in [1.82, 2.24) is 15.3 Å². The van der Waals surface area contributed by atoms with Gasteiger partial charge in [-0.05, 0) is 38.0 Å².